The summed E-state index contributed by atoms with van der Waals surface area (Å²) in [5.74, 6) is -0.661. The van der Waals surface area contributed by atoms with Crippen molar-refractivity contribution in [1.29, 1.82) is 0 Å². The predicted molar refractivity (Wildman–Crippen MR) is 93.6 cm³/mol. The minimum Gasteiger partial charge on any atom is -0.369 e. The number of likely N-dealkylation sites (tertiary alicyclic amines) is 1. The second-order valence-electron chi connectivity index (χ2n) is 6.80. The molecule has 0 bridgehead atoms. The first kappa shape index (κ1) is 16.4. The standard InChI is InChI=1S/C19H23N3O2/c1-11-4-7-17-15(8-11)9-16(13(3)21-17)19(24)22-10-14(18(20)23)6-5-12(22)2/h4,7-9,12,14H,5-6,10H2,1-3H3,(H2,20,23)/t12-,14+/m1/s1. The summed E-state index contributed by atoms with van der Waals surface area (Å²) in [4.78, 5) is 30.9. The van der Waals surface area contributed by atoms with Crippen LogP contribution in [0.15, 0.2) is 24.3 Å². The summed E-state index contributed by atoms with van der Waals surface area (Å²) in [6.45, 7) is 6.28. The summed E-state index contributed by atoms with van der Waals surface area (Å²) in [6.07, 6.45) is 1.53. The fourth-order valence-electron chi connectivity index (χ4n) is 3.39. The van der Waals surface area contributed by atoms with Crippen molar-refractivity contribution in [3.05, 3.63) is 41.1 Å². The third-order valence-electron chi connectivity index (χ3n) is 4.94. The highest BCUT2D eigenvalue weighted by Crippen LogP contribution is 2.26. The molecule has 3 rings (SSSR count). The van der Waals surface area contributed by atoms with Gasteiger partial charge in [-0.3, -0.25) is 14.6 Å². The molecule has 0 spiro atoms. The van der Waals surface area contributed by atoms with E-state index in [0.29, 0.717) is 17.8 Å². The van der Waals surface area contributed by atoms with Crippen molar-refractivity contribution in [2.45, 2.75) is 39.7 Å². The average Bonchev–Trinajstić information content (AvgIpc) is 2.54. The number of pyridine rings is 1. The number of carbonyl (C=O) groups excluding carboxylic acids is 2. The van der Waals surface area contributed by atoms with E-state index in [9.17, 15) is 9.59 Å². The number of hydrogen-bond donors (Lipinski definition) is 1. The summed E-state index contributed by atoms with van der Waals surface area (Å²) < 4.78 is 0. The Balaban J connectivity index is 1.97. The number of aromatic nitrogens is 1. The molecule has 0 saturated carbocycles. The third kappa shape index (κ3) is 2.98. The van der Waals surface area contributed by atoms with E-state index in [4.69, 9.17) is 5.73 Å². The van der Waals surface area contributed by atoms with Crippen molar-refractivity contribution in [2.75, 3.05) is 6.54 Å². The molecule has 0 aliphatic carbocycles. The Morgan fingerprint density at radius 3 is 2.67 bits per heavy atom. The minimum absolute atomic E-state index is 0.0677. The molecule has 5 nitrogen and oxygen atoms in total. The number of nitrogens with two attached hydrogens (primary N) is 1. The number of amides is 2. The van der Waals surface area contributed by atoms with Crippen LogP contribution in [0.5, 0.6) is 0 Å². The number of aryl methyl sites for hydroxylation is 2. The number of rotatable bonds is 2. The van der Waals surface area contributed by atoms with Gasteiger partial charge in [0.2, 0.25) is 5.91 Å². The number of benzene rings is 1. The van der Waals surface area contributed by atoms with Gasteiger partial charge in [-0.05, 0) is 51.8 Å². The van der Waals surface area contributed by atoms with Crippen molar-refractivity contribution in [3.8, 4) is 0 Å². The van der Waals surface area contributed by atoms with Gasteiger partial charge in [0.25, 0.3) is 5.91 Å². The van der Waals surface area contributed by atoms with E-state index in [1.165, 1.54) is 0 Å². The number of carbonyl (C=O) groups is 2. The Hall–Kier alpha value is -2.43. The monoisotopic (exact) mass is 325 g/mol. The van der Waals surface area contributed by atoms with Gasteiger partial charge in [-0.25, -0.2) is 0 Å². The quantitative estimate of drug-likeness (QED) is 0.922. The van der Waals surface area contributed by atoms with Gasteiger partial charge < -0.3 is 10.6 Å². The molecule has 1 aliphatic rings. The molecule has 126 valence electrons. The highest BCUT2D eigenvalue weighted by molar-refractivity contribution is 5.99. The molecule has 2 atom stereocenters. The fraction of sp³-hybridized carbons (Fsp3) is 0.421. The van der Waals surface area contributed by atoms with Crippen LogP contribution in [-0.2, 0) is 4.79 Å². The molecular weight excluding hydrogens is 302 g/mol. The van der Waals surface area contributed by atoms with Gasteiger partial charge >= 0.3 is 0 Å². The zero-order valence-electron chi connectivity index (χ0n) is 14.4. The smallest absolute Gasteiger partial charge is 0.255 e. The van der Waals surface area contributed by atoms with E-state index in [1.54, 1.807) is 4.90 Å². The highest BCUT2D eigenvalue weighted by Gasteiger charge is 2.32. The number of piperidine rings is 1. The lowest BCUT2D eigenvalue weighted by atomic mass is 9.92. The van der Waals surface area contributed by atoms with Gasteiger partial charge in [-0.1, -0.05) is 11.6 Å². The van der Waals surface area contributed by atoms with Crippen LogP contribution in [0.4, 0.5) is 0 Å². The third-order valence-corrected chi connectivity index (χ3v) is 4.94. The highest BCUT2D eigenvalue weighted by atomic mass is 16.2. The van der Waals surface area contributed by atoms with E-state index < -0.39 is 0 Å². The molecule has 1 aromatic carbocycles. The molecule has 1 aliphatic heterocycles. The first-order chi connectivity index (χ1) is 11.4. The van der Waals surface area contributed by atoms with Crippen LogP contribution in [0.25, 0.3) is 10.9 Å². The molecule has 24 heavy (non-hydrogen) atoms. The van der Waals surface area contributed by atoms with E-state index in [0.717, 1.165) is 29.3 Å². The van der Waals surface area contributed by atoms with Crippen LogP contribution in [0.2, 0.25) is 0 Å². The Bertz CT molecular complexity index is 816. The van der Waals surface area contributed by atoms with Gasteiger partial charge in [0, 0.05) is 18.0 Å². The SMILES string of the molecule is Cc1ccc2nc(C)c(C(=O)N3C[C@@H](C(N)=O)CC[C@H]3C)cc2c1. The van der Waals surface area contributed by atoms with Crippen LogP contribution in [0, 0.1) is 19.8 Å². The number of nitrogens with zero attached hydrogens (tertiary/aromatic N) is 2. The predicted octanol–water partition coefficient (Wildman–Crippen LogP) is 2.58. The van der Waals surface area contributed by atoms with Crippen LogP contribution in [0.3, 0.4) is 0 Å². The van der Waals surface area contributed by atoms with Crippen LogP contribution < -0.4 is 5.73 Å². The second kappa shape index (κ2) is 6.23. The largest absolute Gasteiger partial charge is 0.369 e. The molecule has 1 aromatic heterocycles. The Kier molecular flexibility index (Phi) is 4.26. The molecular formula is C19H23N3O2. The van der Waals surface area contributed by atoms with Gasteiger partial charge in [0.1, 0.15) is 0 Å². The molecule has 2 aromatic rings. The van der Waals surface area contributed by atoms with Crippen molar-refractivity contribution < 1.29 is 9.59 Å². The Morgan fingerprint density at radius 2 is 1.96 bits per heavy atom. The van der Waals surface area contributed by atoms with Crippen molar-refractivity contribution >= 4 is 22.7 Å². The summed E-state index contributed by atoms with van der Waals surface area (Å²) in [5.41, 5.74) is 8.78. The molecule has 0 unspecified atom stereocenters. The van der Waals surface area contributed by atoms with Crippen LogP contribution >= 0.6 is 0 Å². The lowest BCUT2D eigenvalue weighted by molar-refractivity contribution is -0.123. The Morgan fingerprint density at radius 1 is 1.21 bits per heavy atom. The van der Waals surface area contributed by atoms with Gasteiger partial charge in [-0.15, -0.1) is 0 Å². The molecule has 2 N–H and O–H groups in total. The zero-order valence-corrected chi connectivity index (χ0v) is 14.4. The summed E-state index contributed by atoms with van der Waals surface area (Å²) >= 11 is 0. The maximum absolute atomic E-state index is 13.1. The molecule has 1 saturated heterocycles. The second-order valence-corrected chi connectivity index (χ2v) is 6.80. The number of primary amides is 1. The van der Waals surface area contributed by atoms with Gasteiger partial charge in [0.05, 0.1) is 22.7 Å². The first-order valence-electron chi connectivity index (χ1n) is 8.35. The summed E-state index contributed by atoms with van der Waals surface area (Å²) in [6, 6.07) is 8.03. The minimum atomic E-state index is -0.330. The summed E-state index contributed by atoms with van der Waals surface area (Å²) in [5, 5.41) is 0.958. The van der Waals surface area contributed by atoms with Crippen molar-refractivity contribution in [3.63, 3.8) is 0 Å². The van der Waals surface area contributed by atoms with E-state index in [1.807, 2.05) is 45.0 Å². The zero-order chi connectivity index (χ0) is 17.4. The van der Waals surface area contributed by atoms with E-state index in [2.05, 4.69) is 4.98 Å². The van der Waals surface area contributed by atoms with E-state index >= 15 is 0 Å². The molecule has 1 fully saturated rings. The number of fused-ring (bicyclic) bond motifs is 1. The topological polar surface area (TPSA) is 76.3 Å². The van der Waals surface area contributed by atoms with E-state index in [-0.39, 0.29) is 23.8 Å². The first-order valence-corrected chi connectivity index (χ1v) is 8.35. The normalized spacial score (nSPS) is 21.0. The molecule has 5 heteroatoms. The van der Waals surface area contributed by atoms with Gasteiger partial charge in [0.15, 0.2) is 0 Å². The molecule has 2 heterocycles. The molecule has 2 amide bonds. The van der Waals surface area contributed by atoms with Crippen molar-refractivity contribution in [1.82, 2.24) is 9.88 Å². The van der Waals surface area contributed by atoms with Crippen LogP contribution in [0.1, 0.15) is 41.4 Å². The lowest BCUT2D eigenvalue weighted by Gasteiger charge is -2.37. The Labute approximate surface area is 141 Å². The summed E-state index contributed by atoms with van der Waals surface area (Å²) in [7, 11) is 0. The maximum Gasteiger partial charge on any atom is 0.255 e. The molecule has 0 radical (unpaired) electrons. The van der Waals surface area contributed by atoms with Crippen molar-refractivity contribution in [2.24, 2.45) is 11.7 Å². The van der Waals surface area contributed by atoms with Gasteiger partial charge in [-0.2, -0.15) is 0 Å². The maximum atomic E-state index is 13.1. The van der Waals surface area contributed by atoms with Crippen LogP contribution in [-0.4, -0.2) is 34.3 Å². The lowest BCUT2D eigenvalue weighted by Crippen LogP contribution is -2.48. The number of hydrogen-bond acceptors (Lipinski definition) is 3. The fourth-order valence-corrected chi connectivity index (χ4v) is 3.39. The average molecular weight is 325 g/mol.